The molecule has 5 nitrogen and oxygen atoms in total. The van der Waals surface area contributed by atoms with Gasteiger partial charge in [-0.15, -0.1) is 11.3 Å². The van der Waals surface area contributed by atoms with Crippen molar-refractivity contribution in [2.45, 2.75) is 10.8 Å². The number of benzene rings is 2. The molecule has 2 aromatic carbocycles. The predicted molar refractivity (Wildman–Crippen MR) is 98.2 cm³/mol. The number of nitrogens with one attached hydrogen (secondary N) is 1. The topological polar surface area (TPSA) is 82.8 Å². The van der Waals surface area contributed by atoms with Crippen LogP contribution in [0.5, 0.6) is 0 Å². The van der Waals surface area contributed by atoms with Crippen LogP contribution in [0.3, 0.4) is 0 Å². The Morgan fingerprint density at radius 3 is 2.48 bits per heavy atom. The number of hydrogen-bond donors (Lipinski definition) is 1. The van der Waals surface area contributed by atoms with Crippen molar-refractivity contribution in [3.8, 4) is 6.07 Å². The Morgan fingerprint density at radius 1 is 1.19 bits per heavy atom. The van der Waals surface area contributed by atoms with Gasteiger partial charge in [0.2, 0.25) is 0 Å². The lowest BCUT2D eigenvalue weighted by molar-refractivity contribution is 0.547. The van der Waals surface area contributed by atoms with Crippen LogP contribution in [-0.2, 0) is 10.0 Å². The van der Waals surface area contributed by atoms with E-state index in [-0.39, 0.29) is 10.7 Å². The molecule has 1 unspecified atom stereocenters. The second-order valence-electron chi connectivity index (χ2n) is 5.36. The fraction of sp³-hybridized carbons (Fsp3) is 0.0588. The highest BCUT2D eigenvalue weighted by molar-refractivity contribution is 7.93. The van der Waals surface area contributed by atoms with E-state index in [0.29, 0.717) is 22.7 Å². The Labute approximate surface area is 162 Å². The Balaban J connectivity index is 2.02. The molecule has 1 N–H and O–H groups in total. The first kappa shape index (κ1) is 19.2. The summed E-state index contributed by atoms with van der Waals surface area (Å²) in [7, 11) is -4.37. The van der Waals surface area contributed by atoms with Crippen molar-refractivity contribution in [1.29, 1.82) is 5.26 Å². The van der Waals surface area contributed by atoms with E-state index in [9.17, 15) is 22.5 Å². The van der Waals surface area contributed by atoms with Crippen molar-refractivity contribution in [3.05, 3.63) is 75.8 Å². The van der Waals surface area contributed by atoms with Gasteiger partial charge in [0.15, 0.2) is 5.13 Å². The molecule has 0 radical (unpaired) electrons. The van der Waals surface area contributed by atoms with E-state index in [2.05, 4.69) is 9.71 Å². The van der Waals surface area contributed by atoms with Crippen molar-refractivity contribution in [2.75, 3.05) is 4.72 Å². The Bertz CT molecular complexity index is 1110. The monoisotopic (exact) mass is 425 g/mol. The number of sulfonamides is 1. The molecule has 1 atom stereocenters. The highest BCUT2D eigenvalue weighted by Crippen LogP contribution is 2.31. The van der Waals surface area contributed by atoms with Gasteiger partial charge in [-0.05, 0) is 29.8 Å². The predicted octanol–water partition coefficient (Wildman–Crippen LogP) is 4.53. The third-order valence-corrected chi connectivity index (χ3v) is 6.06. The van der Waals surface area contributed by atoms with Crippen molar-refractivity contribution in [2.24, 2.45) is 0 Å². The summed E-state index contributed by atoms with van der Waals surface area (Å²) in [6, 6.07) is 9.24. The Hall–Kier alpha value is -2.54. The molecule has 0 aliphatic carbocycles. The SMILES string of the molecule is N#CC(c1ccc(Cl)cc1)c1cc(F)c(S(=O)(=O)Nc2nccs2)cc1F. The van der Waals surface area contributed by atoms with E-state index in [4.69, 9.17) is 11.6 Å². The third kappa shape index (κ3) is 4.08. The molecule has 0 fully saturated rings. The van der Waals surface area contributed by atoms with Gasteiger partial charge in [-0.1, -0.05) is 23.7 Å². The number of rotatable bonds is 5. The molecule has 1 aromatic heterocycles. The summed E-state index contributed by atoms with van der Waals surface area (Å²) in [4.78, 5) is 2.87. The van der Waals surface area contributed by atoms with Crippen LogP contribution in [0.1, 0.15) is 17.0 Å². The van der Waals surface area contributed by atoms with Gasteiger partial charge >= 0.3 is 0 Å². The lowest BCUT2D eigenvalue weighted by Crippen LogP contribution is -2.16. The van der Waals surface area contributed by atoms with Crippen LogP contribution in [0, 0.1) is 23.0 Å². The number of hydrogen-bond acceptors (Lipinski definition) is 5. The van der Waals surface area contributed by atoms with E-state index < -0.39 is 32.5 Å². The molecule has 0 aliphatic heterocycles. The zero-order valence-electron chi connectivity index (χ0n) is 13.4. The molecule has 0 aliphatic rings. The molecule has 10 heteroatoms. The number of thiazole rings is 1. The molecule has 0 spiro atoms. The van der Waals surface area contributed by atoms with Crippen LogP contribution in [0.15, 0.2) is 52.9 Å². The normalized spacial score (nSPS) is 12.4. The van der Waals surface area contributed by atoms with Crippen LogP contribution in [0.25, 0.3) is 0 Å². The smallest absolute Gasteiger partial charge is 0.255 e. The summed E-state index contributed by atoms with van der Waals surface area (Å²) >= 11 is 6.79. The summed E-state index contributed by atoms with van der Waals surface area (Å²) in [5.41, 5.74) is 0.127. The first-order valence-electron chi connectivity index (χ1n) is 7.38. The summed E-state index contributed by atoms with van der Waals surface area (Å²) in [5.74, 6) is -3.32. The zero-order chi connectivity index (χ0) is 19.6. The van der Waals surface area contributed by atoms with Gasteiger partial charge in [-0.2, -0.15) is 5.26 Å². The minimum Gasteiger partial charge on any atom is -0.255 e. The van der Waals surface area contributed by atoms with Gasteiger partial charge in [-0.3, -0.25) is 4.72 Å². The minimum atomic E-state index is -4.37. The second kappa shape index (κ2) is 7.60. The van der Waals surface area contributed by atoms with Crippen LogP contribution in [-0.4, -0.2) is 13.4 Å². The molecule has 0 amide bonds. The molecule has 138 valence electrons. The van der Waals surface area contributed by atoms with Gasteiger partial charge in [0, 0.05) is 22.2 Å². The standard InChI is InChI=1S/C17H10ClF2N3O2S2/c18-11-3-1-10(2-4-11)13(9-21)12-7-15(20)16(8-14(12)19)27(24,25)23-17-22-5-6-26-17/h1-8,13H,(H,22,23). The molecular weight excluding hydrogens is 416 g/mol. The molecule has 0 bridgehead atoms. The van der Waals surface area contributed by atoms with E-state index in [1.165, 1.54) is 35.8 Å². The lowest BCUT2D eigenvalue weighted by Gasteiger charge is -2.14. The summed E-state index contributed by atoms with van der Waals surface area (Å²) in [6.07, 6.45) is 1.37. The first-order chi connectivity index (χ1) is 12.8. The van der Waals surface area contributed by atoms with E-state index in [1.54, 1.807) is 0 Å². The average Bonchev–Trinajstić information content (AvgIpc) is 3.12. The average molecular weight is 426 g/mol. The summed E-state index contributed by atoms with van der Waals surface area (Å²) in [6.45, 7) is 0. The fourth-order valence-electron chi connectivity index (χ4n) is 2.39. The highest BCUT2D eigenvalue weighted by atomic mass is 35.5. The Morgan fingerprint density at radius 2 is 1.89 bits per heavy atom. The van der Waals surface area contributed by atoms with Gasteiger partial charge < -0.3 is 0 Å². The van der Waals surface area contributed by atoms with Gasteiger partial charge in [0.1, 0.15) is 16.5 Å². The molecular formula is C17H10ClF2N3O2S2. The van der Waals surface area contributed by atoms with E-state index in [0.717, 1.165) is 11.3 Å². The van der Waals surface area contributed by atoms with Crippen LogP contribution in [0.2, 0.25) is 5.02 Å². The molecule has 0 saturated heterocycles. The largest absolute Gasteiger partial charge is 0.266 e. The summed E-state index contributed by atoms with van der Waals surface area (Å²) in [5, 5.41) is 11.4. The van der Waals surface area contributed by atoms with Crippen molar-refractivity contribution in [3.63, 3.8) is 0 Å². The molecule has 27 heavy (non-hydrogen) atoms. The Kier molecular flexibility index (Phi) is 5.41. The second-order valence-corrected chi connectivity index (χ2v) is 8.34. The highest BCUT2D eigenvalue weighted by Gasteiger charge is 2.26. The van der Waals surface area contributed by atoms with Crippen LogP contribution >= 0.6 is 22.9 Å². The summed E-state index contributed by atoms with van der Waals surface area (Å²) < 4.78 is 55.8. The maximum Gasteiger partial charge on any atom is 0.266 e. The number of halogens is 3. The van der Waals surface area contributed by atoms with Crippen molar-refractivity contribution >= 4 is 38.1 Å². The maximum absolute atomic E-state index is 14.6. The van der Waals surface area contributed by atoms with Gasteiger partial charge in [0.05, 0.1) is 12.0 Å². The number of anilines is 1. The molecule has 3 rings (SSSR count). The first-order valence-corrected chi connectivity index (χ1v) is 10.1. The van der Waals surface area contributed by atoms with Gasteiger partial charge in [0.25, 0.3) is 10.0 Å². The van der Waals surface area contributed by atoms with Crippen molar-refractivity contribution < 1.29 is 17.2 Å². The fourth-order valence-corrected chi connectivity index (χ4v) is 4.38. The quantitative estimate of drug-likeness (QED) is 0.651. The molecule has 1 heterocycles. The van der Waals surface area contributed by atoms with E-state index in [1.807, 2.05) is 6.07 Å². The lowest BCUT2D eigenvalue weighted by atomic mass is 9.92. The van der Waals surface area contributed by atoms with Gasteiger partial charge in [-0.25, -0.2) is 22.2 Å². The minimum absolute atomic E-state index is 0.0231. The number of aromatic nitrogens is 1. The molecule has 3 aromatic rings. The zero-order valence-corrected chi connectivity index (χ0v) is 15.7. The van der Waals surface area contributed by atoms with Crippen LogP contribution in [0.4, 0.5) is 13.9 Å². The maximum atomic E-state index is 14.6. The number of nitrogens with zero attached hydrogens (tertiary/aromatic N) is 2. The van der Waals surface area contributed by atoms with Crippen LogP contribution < -0.4 is 4.72 Å². The van der Waals surface area contributed by atoms with E-state index >= 15 is 0 Å². The number of nitriles is 1. The molecule has 0 saturated carbocycles. The van der Waals surface area contributed by atoms with Crippen molar-refractivity contribution in [1.82, 2.24) is 4.98 Å². The third-order valence-electron chi connectivity index (χ3n) is 3.64.